The highest BCUT2D eigenvalue weighted by Gasteiger charge is 2.36. The number of fused-ring (bicyclic) bond motifs is 9. The fourth-order valence-electron chi connectivity index (χ4n) is 10.0. The maximum atomic E-state index is 2.43. The standard InChI is InChI=1S/C57H41N3/c1-57(2)51-36-43(30-33-45(51)46-34-31-44(37-52(46)57)60-54-23-13-9-19-47(54)48-20-10-14-24-55(48)60)58(40-15-5-3-6-16-40)42-28-25-38(26-29-42)39-27-32-50-49-21-11-12-22-53(49)59(56(50)35-39)41-17-7-4-8-18-41/h3-37H,1-2H3. The largest absolute Gasteiger partial charge is 0.310 e. The molecule has 0 aliphatic heterocycles. The number of benzene rings is 9. The summed E-state index contributed by atoms with van der Waals surface area (Å²) in [7, 11) is 0. The van der Waals surface area contributed by atoms with Crippen LogP contribution in [0.1, 0.15) is 25.0 Å². The van der Waals surface area contributed by atoms with Gasteiger partial charge in [0.2, 0.25) is 0 Å². The van der Waals surface area contributed by atoms with E-state index in [-0.39, 0.29) is 5.41 Å². The second kappa shape index (κ2) is 13.2. The molecule has 0 radical (unpaired) electrons. The Hall–Kier alpha value is -7.62. The molecule has 0 saturated heterocycles. The first kappa shape index (κ1) is 34.4. The van der Waals surface area contributed by atoms with Gasteiger partial charge in [-0.15, -0.1) is 0 Å². The molecule has 0 N–H and O–H groups in total. The molecule has 0 saturated carbocycles. The molecule has 1 aliphatic rings. The minimum absolute atomic E-state index is 0.206. The van der Waals surface area contributed by atoms with Gasteiger partial charge < -0.3 is 14.0 Å². The van der Waals surface area contributed by atoms with Gasteiger partial charge in [0.05, 0.1) is 22.1 Å². The van der Waals surface area contributed by atoms with Crippen molar-refractivity contribution in [2.45, 2.75) is 19.3 Å². The van der Waals surface area contributed by atoms with Crippen molar-refractivity contribution in [3.63, 3.8) is 0 Å². The SMILES string of the molecule is CC1(C)c2cc(N(c3ccccc3)c3ccc(-c4ccc5c6ccccc6n(-c6ccccc6)c5c4)cc3)ccc2-c2ccc(-n3c4ccccc4c4ccccc43)cc21. The molecule has 0 amide bonds. The van der Waals surface area contributed by atoms with Crippen LogP contribution in [0.3, 0.4) is 0 Å². The lowest BCUT2D eigenvalue weighted by atomic mass is 9.82. The van der Waals surface area contributed by atoms with Crippen molar-refractivity contribution in [1.82, 2.24) is 9.13 Å². The number of para-hydroxylation sites is 5. The predicted octanol–water partition coefficient (Wildman–Crippen LogP) is 15.3. The van der Waals surface area contributed by atoms with Crippen LogP contribution < -0.4 is 4.90 Å². The molecular formula is C57H41N3. The topological polar surface area (TPSA) is 13.1 Å². The number of aromatic nitrogens is 2. The summed E-state index contributed by atoms with van der Waals surface area (Å²) >= 11 is 0. The van der Waals surface area contributed by atoms with Gasteiger partial charge in [0.25, 0.3) is 0 Å². The number of hydrogen-bond acceptors (Lipinski definition) is 1. The third-order valence-electron chi connectivity index (χ3n) is 12.9. The zero-order valence-electron chi connectivity index (χ0n) is 33.5. The summed E-state index contributed by atoms with van der Waals surface area (Å²) < 4.78 is 4.82. The van der Waals surface area contributed by atoms with Gasteiger partial charge in [-0.2, -0.15) is 0 Å². The van der Waals surface area contributed by atoms with E-state index < -0.39 is 0 Å². The molecule has 3 heteroatoms. The Kier molecular flexibility index (Phi) is 7.58. The average Bonchev–Trinajstić information content (AvgIpc) is 3.90. The highest BCUT2D eigenvalue weighted by atomic mass is 15.1. The predicted molar refractivity (Wildman–Crippen MR) is 253 cm³/mol. The van der Waals surface area contributed by atoms with E-state index in [9.17, 15) is 0 Å². The molecule has 1 aliphatic carbocycles. The van der Waals surface area contributed by atoms with Gasteiger partial charge >= 0.3 is 0 Å². The van der Waals surface area contributed by atoms with Crippen molar-refractivity contribution in [3.8, 4) is 33.6 Å². The first-order chi connectivity index (χ1) is 29.5. The van der Waals surface area contributed by atoms with Gasteiger partial charge in [-0.1, -0.05) is 141 Å². The lowest BCUT2D eigenvalue weighted by molar-refractivity contribution is 0.660. The van der Waals surface area contributed by atoms with E-state index in [0.29, 0.717) is 0 Å². The number of hydrogen-bond donors (Lipinski definition) is 0. The van der Waals surface area contributed by atoms with Crippen LogP contribution in [-0.2, 0) is 5.41 Å². The Morgan fingerprint density at radius 3 is 1.43 bits per heavy atom. The molecule has 0 spiro atoms. The van der Waals surface area contributed by atoms with Crippen molar-refractivity contribution < 1.29 is 0 Å². The molecule has 0 atom stereocenters. The third kappa shape index (κ3) is 5.15. The van der Waals surface area contributed by atoms with Crippen LogP contribution in [0.25, 0.3) is 77.2 Å². The minimum Gasteiger partial charge on any atom is -0.310 e. The van der Waals surface area contributed by atoms with E-state index in [0.717, 1.165) is 17.1 Å². The molecule has 0 fully saturated rings. The molecule has 9 aromatic carbocycles. The Morgan fingerprint density at radius 2 is 0.800 bits per heavy atom. The summed E-state index contributed by atoms with van der Waals surface area (Å²) in [6.45, 7) is 4.76. The molecule has 284 valence electrons. The van der Waals surface area contributed by atoms with Crippen LogP contribution >= 0.6 is 0 Å². The third-order valence-corrected chi connectivity index (χ3v) is 12.9. The van der Waals surface area contributed by atoms with Crippen molar-refractivity contribution in [1.29, 1.82) is 0 Å². The summed E-state index contributed by atoms with van der Waals surface area (Å²) in [5, 5.41) is 5.08. The summed E-state index contributed by atoms with van der Waals surface area (Å²) in [5.41, 5.74) is 18.1. The van der Waals surface area contributed by atoms with Gasteiger partial charge in [-0.25, -0.2) is 0 Å². The van der Waals surface area contributed by atoms with E-state index in [1.54, 1.807) is 0 Å². The van der Waals surface area contributed by atoms with Crippen molar-refractivity contribution in [3.05, 3.63) is 223 Å². The monoisotopic (exact) mass is 767 g/mol. The normalized spacial score (nSPS) is 13.0. The van der Waals surface area contributed by atoms with Crippen LogP contribution in [0, 0.1) is 0 Å². The molecular weight excluding hydrogens is 727 g/mol. The highest BCUT2D eigenvalue weighted by Crippen LogP contribution is 2.51. The lowest BCUT2D eigenvalue weighted by Crippen LogP contribution is -2.17. The zero-order chi connectivity index (χ0) is 40.0. The van der Waals surface area contributed by atoms with Gasteiger partial charge in [-0.3, -0.25) is 0 Å². The van der Waals surface area contributed by atoms with Crippen molar-refractivity contribution >= 4 is 60.7 Å². The smallest absolute Gasteiger partial charge is 0.0547 e. The molecule has 3 nitrogen and oxygen atoms in total. The number of rotatable bonds is 6. The van der Waals surface area contributed by atoms with E-state index in [4.69, 9.17) is 0 Å². The summed E-state index contributed by atoms with van der Waals surface area (Å²) in [6.07, 6.45) is 0. The number of anilines is 3. The Labute approximate surface area is 349 Å². The Morgan fingerprint density at radius 1 is 0.333 bits per heavy atom. The van der Waals surface area contributed by atoms with Crippen molar-refractivity contribution in [2.24, 2.45) is 0 Å². The Bertz CT molecular complexity index is 3390. The van der Waals surface area contributed by atoms with E-state index >= 15 is 0 Å². The minimum atomic E-state index is -0.206. The molecule has 60 heavy (non-hydrogen) atoms. The summed E-state index contributed by atoms with van der Waals surface area (Å²) in [5.74, 6) is 0. The summed E-state index contributed by atoms with van der Waals surface area (Å²) in [4.78, 5) is 2.39. The zero-order valence-corrected chi connectivity index (χ0v) is 33.5. The molecule has 0 unspecified atom stereocenters. The molecule has 11 aromatic rings. The van der Waals surface area contributed by atoms with E-state index in [2.05, 4.69) is 240 Å². The average molecular weight is 768 g/mol. The maximum Gasteiger partial charge on any atom is 0.0547 e. The van der Waals surface area contributed by atoms with E-state index in [1.807, 2.05) is 0 Å². The number of nitrogens with zero attached hydrogens (tertiary/aromatic N) is 3. The molecule has 0 bridgehead atoms. The van der Waals surface area contributed by atoms with Crippen molar-refractivity contribution in [2.75, 3.05) is 4.90 Å². The fourth-order valence-corrected chi connectivity index (χ4v) is 10.0. The molecule has 12 rings (SSSR count). The first-order valence-corrected chi connectivity index (χ1v) is 20.9. The van der Waals surface area contributed by atoms with Crippen LogP contribution in [0.15, 0.2) is 212 Å². The summed E-state index contributed by atoms with van der Waals surface area (Å²) in [6, 6.07) is 77.7. The van der Waals surface area contributed by atoms with Gasteiger partial charge in [0.15, 0.2) is 0 Å². The second-order valence-electron chi connectivity index (χ2n) is 16.6. The Balaban J connectivity index is 0.933. The fraction of sp³-hybridized carbons (Fsp3) is 0.0526. The van der Waals surface area contributed by atoms with Crippen LogP contribution in [0.5, 0.6) is 0 Å². The van der Waals surface area contributed by atoms with Crippen LogP contribution in [0.2, 0.25) is 0 Å². The van der Waals surface area contributed by atoms with Crippen LogP contribution in [-0.4, -0.2) is 9.13 Å². The first-order valence-electron chi connectivity index (χ1n) is 20.9. The molecule has 2 heterocycles. The van der Waals surface area contributed by atoms with Crippen LogP contribution in [0.4, 0.5) is 17.1 Å². The molecule has 2 aromatic heterocycles. The lowest BCUT2D eigenvalue weighted by Gasteiger charge is -2.28. The highest BCUT2D eigenvalue weighted by molar-refractivity contribution is 6.11. The van der Waals surface area contributed by atoms with Gasteiger partial charge in [-0.05, 0) is 118 Å². The second-order valence-corrected chi connectivity index (χ2v) is 16.6. The van der Waals surface area contributed by atoms with E-state index in [1.165, 1.54) is 88.4 Å². The quantitative estimate of drug-likeness (QED) is 0.164. The van der Waals surface area contributed by atoms with Gasteiger partial charge in [0, 0.05) is 55.4 Å². The van der Waals surface area contributed by atoms with Gasteiger partial charge in [0.1, 0.15) is 0 Å². The maximum absolute atomic E-state index is 2.43.